The predicted molar refractivity (Wildman–Crippen MR) is 97.3 cm³/mol. The zero-order valence-electron chi connectivity index (χ0n) is 12.0. The number of fused-ring (bicyclic) bond motifs is 1. The van der Waals surface area contributed by atoms with Gasteiger partial charge < -0.3 is 5.32 Å². The summed E-state index contributed by atoms with van der Waals surface area (Å²) in [6.45, 7) is 0. The number of thiophene rings is 1. The van der Waals surface area contributed by atoms with Gasteiger partial charge in [0.05, 0.1) is 15.1 Å². The molecule has 0 unspecified atom stereocenters. The number of hydrogen-bond acceptors (Lipinski definition) is 4. The van der Waals surface area contributed by atoms with E-state index >= 15 is 0 Å². The number of thiazole rings is 1. The van der Waals surface area contributed by atoms with Crippen molar-refractivity contribution >= 4 is 44.5 Å². The molecule has 0 spiro atoms. The molecule has 2 heterocycles. The highest BCUT2D eigenvalue weighted by Crippen LogP contribution is 2.33. The Morgan fingerprint density at radius 2 is 1.87 bits per heavy atom. The second-order valence-corrected chi connectivity index (χ2v) is 6.98. The molecule has 1 N–H and O–H groups in total. The topological polar surface area (TPSA) is 42.0 Å². The van der Waals surface area contributed by atoms with Crippen molar-refractivity contribution in [3.8, 4) is 9.88 Å². The molecule has 0 aliphatic heterocycles. The minimum Gasteiger partial charge on any atom is -0.322 e. The maximum atomic E-state index is 12.4. The summed E-state index contributed by atoms with van der Waals surface area (Å²) in [4.78, 5) is 18.2. The molecule has 2 aromatic heterocycles. The average molecular weight is 336 g/mol. The molecule has 3 nitrogen and oxygen atoms in total. The summed E-state index contributed by atoms with van der Waals surface area (Å²) < 4.78 is 1.02. The van der Waals surface area contributed by atoms with Crippen molar-refractivity contribution in [2.45, 2.75) is 0 Å². The third-order valence-corrected chi connectivity index (χ3v) is 5.47. The quantitative estimate of drug-likeness (QED) is 0.553. The lowest BCUT2D eigenvalue weighted by Gasteiger charge is -2.04. The average Bonchev–Trinajstić information content (AvgIpc) is 3.24. The summed E-state index contributed by atoms with van der Waals surface area (Å²) >= 11 is 3.28. The van der Waals surface area contributed by atoms with Gasteiger partial charge in [-0.25, -0.2) is 4.98 Å². The normalized spacial score (nSPS) is 10.8. The number of anilines is 1. The monoisotopic (exact) mass is 336 g/mol. The fraction of sp³-hybridized carbons (Fsp3) is 0. The van der Waals surface area contributed by atoms with E-state index in [4.69, 9.17) is 0 Å². The van der Waals surface area contributed by atoms with Crippen LogP contribution in [0.4, 0.5) is 5.69 Å². The first kappa shape index (κ1) is 14.1. The summed E-state index contributed by atoms with van der Waals surface area (Å²) in [5.74, 6) is -0.107. The minimum absolute atomic E-state index is 0.107. The molecule has 0 radical (unpaired) electrons. The predicted octanol–water partition coefficient (Wildman–Crippen LogP) is 5.28. The van der Waals surface area contributed by atoms with Crippen molar-refractivity contribution in [3.05, 3.63) is 71.6 Å². The van der Waals surface area contributed by atoms with Crippen LogP contribution in [-0.2, 0) is 0 Å². The van der Waals surface area contributed by atoms with Gasteiger partial charge in [0.1, 0.15) is 5.01 Å². The van der Waals surface area contributed by atoms with Gasteiger partial charge in [0, 0.05) is 11.3 Å². The maximum Gasteiger partial charge on any atom is 0.255 e. The molecule has 4 rings (SSSR count). The fourth-order valence-electron chi connectivity index (χ4n) is 2.30. The molecule has 0 bridgehead atoms. The fourth-order valence-corrected chi connectivity index (χ4v) is 4.10. The molecule has 112 valence electrons. The Labute approximate surface area is 141 Å². The molecule has 0 atom stereocenters. The highest BCUT2D eigenvalue weighted by Gasteiger charge is 2.11. The van der Waals surface area contributed by atoms with E-state index in [1.165, 1.54) is 0 Å². The van der Waals surface area contributed by atoms with Gasteiger partial charge >= 0.3 is 0 Å². The number of rotatable bonds is 3. The number of carbonyl (C=O) groups is 1. The van der Waals surface area contributed by atoms with E-state index in [9.17, 15) is 4.79 Å². The summed E-state index contributed by atoms with van der Waals surface area (Å²) in [5.41, 5.74) is 2.36. The van der Waals surface area contributed by atoms with E-state index in [1.54, 1.807) is 22.7 Å². The minimum atomic E-state index is -0.107. The van der Waals surface area contributed by atoms with Crippen molar-refractivity contribution in [2.24, 2.45) is 0 Å². The Kier molecular flexibility index (Phi) is 3.65. The van der Waals surface area contributed by atoms with Crippen molar-refractivity contribution in [3.63, 3.8) is 0 Å². The lowest BCUT2D eigenvalue weighted by atomic mass is 10.2. The van der Waals surface area contributed by atoms with Gasteiger partial charge in [0.2, 0.25) is 0 Å². The van der Waals surface area contributed by atoms with E-state index < -0.39 is 0 Å². The van der Waals surface area contributed by atoms with E-state index in [0.717, 1.165) is 25.8 Å². The van der Waals surface area contributed by atoms with Crippen LogP contribution in [-0.4, -0.2) is 10.9 Å². The molecular formula is C18H12N2OS2. The number of hydrogen-bond donors (Lipinski definition) is 1. The zero-order valence-corrected chi connectivity index (χ0v) is 13.7. The molecule has 0 saturated carbocycles. The van der Waals surface area contributed by atoms with Gasteiger partial charge in [0.25, 0.3) is 5.91 Å². The van der Waals surface area contributed by atoms with Crippen molar-refractivity contribution in [1.82, 2.24) is 4.98 Å². The first-order valence-electron chi connectivity index (χ1n) is 7.10. The molecule has 2 aromatic carbocycles. The number of nitrogens with one attached hydrogen (secondary N) is 1. The van der Waals surface area contributed by atoms with Crippen LogP contribution in [0.1, 0.15) is 10.4 Å². The summed E-state index contributed by atoms with van der Waals surface area (Å²) in [6.07, 6.45) is 0. The van der Waals surface area contributed by atoms with Crippen LogP contribution in [0.3, 0.4) is 0 Å². The summed E-state index contributed by atoms with van der Waals surface area (Å²) in [5, 5.41) is 5.94. The first-order valence-corrected chi connectivity index (χ1v) is 8.80. The summed E-state index contributed by atoms with van der Waals surface area (Å²) in [6, 6.07) is 19.2. The molecule has 5 heteroatoms. The zero-order chi connectivity index (χ0) is 15.6. The second-order valence-electron chi connectivity index (χ2n) is 5.00. The molecule has 0 aliphatic rings. The van der Waals surface area contributed by atoms with Crippen LogP contribution in [0.25, 0.3) is 20.1 Å². The van der Waals surface area contributed by atoms with Crippen LogP contribution in [0.15, 0.2) is 66.0 Å². The van der Waals surface area contributed by atoms with Gasteiger partial charge in [-0.1, -0.05) is 24.3 Å². The molecule has 1 amide bonds. The lowest BCUT2D eigenvalue weighted by Crippen LogP contribution is -2.11. The number of para-hydroxylation sites is 1. The number of benzene rings is 2. The lowest BCUT2D eigenvalue weighted by molar-refractivity contribution is 0.102. The van der Waals surface area contributed by atoms with Crippen molar-refractivity contribution in [1.29, 1.82) is 0 Å². The van der Waals surface area contributed by atoms with Gasteiger partial charge in [-0.3, -0.25) is 4.79 Å². The Hall–Kier alpha value is -2.50. The Morgan fingerprint density at radius 3 is 2.65 bits per heavy atom. The van der Waals surface area contributed by atoms with Crippen LogP contribution < -0.4 is 5.32 Å². The molecule has 0 aliphatic carbocycles. The molecule has 23 heavy (non-hydrogen) atoms. The molecular weight excluding hydrogens is 324 g/mol. The molecule has 0 fully saturated rings. The van der Waals surface area contributed by atoms with Crippen LogP contribution in [0, 0.1) is 0 Å². The van der Waals surface area contributed by atoms with E-state index in [0.29, 0.717) is 5.56 Å². The van der Waals surface area contributed by atoms with Crippen molar-refractivity contribution in [2.75, 3.05) is 5.32 Å². The van der Waals surface area contributed by atoms with Gasteiger partial charge in [0.15, 0.2) is 0 Å². The van der Waals surface area contributed by atoms with E-state index in [1.807, 2.05) is 60.0 Å². The standard InChI is InChI=1S/C18H12N2OS2/c21-17(19-13-5-2-1-3-6-13)12-8-9-14-16(11-12)23-18(20-14)15-7-4-10-22-15/h1-11H,(H,19,21). The highest BCUT2D eigenvalue weighted by molar-refractivity contribution is 7.25. The smallest absolute Gasteiger partial charge is 0.255 e. The van der Waals surface area contributed by atoms with E-state index in [-0.39, 0.29) is 5.91 Å². The maximum absolute atomic E-state index is 12.4. The first-order chi connectivity index (χ1) is 11.3. The van der Waals surface area contributed by atoms with Gasteiger partial charge in [-0.05, 0) is 41.8 Å². The van der Waals surface area contributed by atoms with Crippen LogP contribution >= 0.6 is 22.7 Å². The molecule has 0 saturated heterocycles. The van der Waals surface area contributed by atoms with Crippen LogP contribution in [0.5, 0.6) is 0 Å². The third-order valence-electron chi connectivity index (χ3n) is 3.41. The van der Waals surface area contributed by atoms with Crippen LogP contribution in [0.2, 0.25) is 0 Å². The third kappa shape index (κ3) is 2.88. The van der Waals surface area contributed by atoms with E-state index in [2.05, 4.69) is 16.4 Å². The largest absolute Gasteiger partial charge is 0.322 e. The summed E-state index contributed by atoms with van der Waals surface area (Å²) in [7, 11) is 0. The van der Waals surface area contributed by atoms with Gasteiger partial charge in [-0.2, -0.15) is 0 Å². The SMILES string of the molecule is O=C(Nc1ccccc1)c1ccc2nc(-c3cccs3)sc2c1. The number of aromatic nitrogens is 1. The second kappa shape index (κ2) is 5.95. The molecule has 4 aromatic rings. The highest BCUT2D eigenvalue weighted by atomic mass is 32.1. The Balaban J connectivity index is 1.65. The number of carbonyl (C=O) groups excluding carboxylic acids is 1. The van der Waals surface area contributed by atoms with Gasteiger partial charge in [-0.15, -0.1) is 22.7 Å². The Bertz CT molecular complexity index is 959. The number of nitrogens with zero attached hydrogens (tertiary/aromatic N) is 1. The Morgan fingerprint density at radius 1 is 1.00 bits per heavy atom. The van der Waals surface area contributed by atoms with Crippen molar-refractivity contribution < 1.29 is 4.79 Å². The number of amides is 1.